The number of anilines is 1. The molecule has 162 valence electrons. The maximum absolute atomic E-state index is 13.0. The monoisotopic (exact) mass is 420 g/mol. The van der Waals surface area contributed by atoms with Gasteiger partial charge in [-0.05, 0) is 62.1 Å². The first-order chi connectivity index (χ1) is 15.1. The number of benzene rings is 2. The van der Waals surface area contributed by atoms with E-state index in [4.69, 9.17) is 9.47 Å². The standard InChI is InChI=1S/C24H28N4O3/c1-16(17-8-10-21(30-2)22(14-17)31-3)27-24(29)18-7-9-20-19(13-18)23(26-15-25-20)28-11-5-4-6-12-28/h7-10,13-16H,4-6,11-12H2,1-3H3,(H,27,29)/t16-/m0/s1. The fraction of sp³-hybridized carbons (Fsp3) is 0.375. The lowest BCUT2D eigenvalue weighted by Crippen LogP contribution is -2.30. The van der Waals surface area contributed by atoms with Crippen molar-refractivity contribution in [1.29, 1.82) is 0 Å². The molecule has 1 atom stereocenters. The predicted octanol–water partition coefficient (Wildman–Crippen LogP) is 4.13. The zero-order valence-corrected chi connectivity index (χ0v) is 18.2. The zero-order chi connectivity index (χ0) is 21.8. The van der Waals surface area contributed by atoms with Crippen molar-refractivity contribution >= 4 is 22.6 Å². The van der Waals surface area contributed by atoms with Crippen molar-refractivity contribution in [2.24, 2.45) is 0 Å². The average Bonchev–Trinajstić information content (AvgIpc) is 2.83. The molecule has 1 aliphatic heterocycles. The van der Waals surface area contributed by atoms with Crippen molar-refractivity contribution in [3.05, 3.63) is 53.9 Å². The third kappa shape index (κ3) is 4.40. The molecule has 2 heterocycles. The summed E-state index contributed by atoms with van der Waals surface area (Å²) in [6.07, 6.45) is 5.18. The lowest BCUT2D eigenvalue weighted by atomic mass is 10.1. The van der Waals surface area contributed by atoms with E-state index in [1.54, 1.807) is 20.5 Å². The van der Waals surface area contributed by atoms with E-state index in [0.29, 0.717) is 17.1 Å². The number of carbonyl (C=O) groups excluding carboxylic acids is 1. The van der Waals surface area contributed by atoms with Gasteiger partial charge in [0.05, 0.1) is 25.8 Å². The predicted molar refractivity (Wildman–Crippen MR) is 121 cm³/mol. The summed E-state index contributed by atoms with van der Waals surface area (Å²) in [6, 6.07) is 11.1. The molecule has 7 nitrogen and oxygen atoms in total. The van der Waals surface area contributed by atoms with Gasteiger partial charge in [0.15, 0.2) is 11.5 Å². The number of hydrogen-bond donors (Lipinski definition) is 1. The van der Waals surface area contributed by atoms with Crippen LogP contribution >= 0.6 is 0 Å². The lowest BCUT2D eigenvalue weighted by molar-refractivity contribution is 0.0940. The fourth-order valence-corrected chi connectivity index (χ4v) is 4.03. The summed E-state index contributed by atoms with van der Waals surface area (Å²) >= 11 is 0. The highest BCUT2D eigenvalue weighted by Gasteiger charge is 2.18. The van der Waals surface area contributed by atoms with E-state index in [9.17, 15) is 4.79 Å². The molecule has 1 N–H and O–H groups in total. The maximum atomic E-state index is 13.0. The number of rotatable bonds is 6. The summed E-state index contributed by atoms with van der Waals surface area (Å²) in [7, 11) is 3.20. The number of piperidine rings is 1. The molecule has 1 aromatic heterocycles. The number of aromatic nitrogens is 2. The van der Waals surface area contributed by atoms with E-state index in [0.717, 1.165) is 48.2 Å². The van der Waals surface area contributed by atoms with Crippen LogP contribution in [0, 0.1) is 0 Å². The Morgan fingerprint density at radius 2 is 1.77 bits per heavy atom. The van der Waals surface area contributed by atoms with E-state index in [1.807, 2.05) is 43.3 Å². The number of fused-ring (bicyclic) bond motifs is 1. The topological polar surface area (TPSA) is 76.6 Å². The molecule has 0 unspecified atom stereocenters. The van der Waals surface area contributed by atoms with E-state index < -0.39 is 0 Å². The van der Waals surface area contributed by atoms with E-state index >= 15 is 0 Å². The van der Waals surface area contributed by atoms with Gasteiger partial charge in [0, 0.05) is 24.0 Å². The highest BCUT2D eigenvalue weighted by molar-refractivity contribution is 6.00. The van der Waals surface area contributed by atoms with Crippen LogP contribution in [0.4, 0.5) is 5.82 Å². The van der Waals surface area contributed by atoms with Crippen LogP contribution in [0.2, 0.25) is 0 Å². The molecule has 0 bridgehead atoms. The van der Waals surface area contributed by atoms with E-state index in [1.165, 1.54) is 6.42 Å². The smallest absolute Gasteiger partial charge is 0.251 e. The van der Waals surface area contributed by atoms with Crippen LogP contribution < -0.4 is 19.7 Å². The Labute approximate surface area is 182 Å². The summed E-state index contributed by atoms with van der Waals surface area (Å²) in [5.41, 5.74) is 2.37. The first-order valence-corrected chi connectivity index (χ1v) is 10.6. The number of nitrogens with zero attached hydrogens (tertiary/aromatic N) is 3. The Hall–Kier alpha value is -3.35. The van der Waals surface area contributed by atoms with Crippen molar-refractivity contribution < 1.29 is 14.3 Å². The van der Waals surface area contributed by atoms with Gasteiger partial charge in [-0.2, -0.15) is 0 Å². The molecule has 1 fully saturated rings. The minimum absolute atomic E-state index is 0.141. The third-order valence-electron chi connectivity index (χ3n) is 5.79. The SMILES string of the molecule is COc1ccc([C@H](C)NC(=O)c2ccc3ncnc(N4CCCCC4)c3c2)cc1OC. The van der Waals surface area contributed by atoms with Crippen molar-refractivity contribution in [3.63, 3.8) is 0 Å². The number of hydrogen-bond acceptors (Lipinski definition) is 6. The van der Waals surface area contributed by atoms with Crippen molar-refractivity contribution in [2.45, 2.75) is 32.2 Å². The van der Waals surface area contributed by atoms with Crippen LogP contribution in [-0.2, 0) is 0 Å². The Balaban J connectivity index is 1.57. The summed E-state index contributed by atoms with van der Waals surface area (Å²) in [5, 5.41) is 3.99. The second-order valence-electron chi connectivity index (χ2n) is 7.79. The molecule has 2 aromatic carbocycles. The Bertz CT molecular complexity index is 1080. The summed E-state index contributed by atoms with van der Waals surface area (Å²) in [4.78, 5) is 24.2. The molecular weight excluding hydrogens is 392 g/mol. The van der Waals surface area contributed by atoms with Crippen LogP contribution in [0.25, 0.3) is 10.9 Å². The lowest BCUT2D eigenvalue weighted by Gasteiger charge is -2.28. The van der Waals surface area contributed by atoms with Crippen LogP contribution in [0.5, 0.6) is 11.5 Å². The molecule has 1 aliphatic rings. The molecule has 1 saturated heterocycles. The number of amides is 1. The molecule has 31 heavy (non-hydrogen) atoms. The maximum Gasteiger partial charge on any atom is 0.251 e. The molecule has 0 radical (unpaired) electrons. The molecule has 7 heteroatoms. The van der Waals surface area contributed by atoms with Crippen LogP contribution in [0.15, 0.2) is 42.7 Å². The van der Waals surface area contributed by atoms with Gasteiger partial charge in [-0.25, -0.2) is 9.97 Å². The fourth-order valence-electron chi connectivity index (χ4n) is 4.03. The molecular formula is C24H28N4O3. The molecule has 1 amide bonds. The molecule has 0 aliphatic carbocycles. The summed E-state index contributed by atoms with van der Waals surface area (Å²) in [6.45, 7) is 3.92. The van der Waals surface area contributed by atoms with Crippen LogP contribution in [0.1, 0.15) is 48.1 Å². The van der Waals surface area contributed by atoms with Gasteiger partial charge in [-0.15, -0.1) is 0 Å². The largest absolute Gasteiger partial charge is 0.493 e. The van der Waals surface area contributed by atoms with Crippen LogP contribution in [0.3, 0.4) is 0 Å². The van der Waals surface area contributed by atoms with E-state index in [2.05, 4.69) is 20.2 Å². The number of ether oxygens (including phenoxy) is 2. The summed E-state index contributed by atoms with van der Waals surface area (Å²) < 4.78 is 10.7. The first-order valence-electron chi connectivity index (χ1n) is 10.6. The number of methoxy groups -OCH3 is 2. The Kier molecular flexibility index (Phi) is 6.21. The molecule has 3 aromatic rings. The van der Waals surface area contributed by atoms with Gasteiger partial charge in [-0.1, -0.05) is 6.07 Å². The van der Waals surface area contributed by atoms with Gasteiger partial charge in [0.2, 0.25) is 0 Å². The van der Waals surface area contributed by atoms with Crippen molar-refractivity contribution in [3.8, 4) is 11.5 Å². The average molecular weight is 421 g/mol. The van der Waals surface area contributed by atoms with Crippen LogP contribution in [-0.4, -0.2) is 43.2 Å². The van der Waals surface area contributed by atoms with Gasteiger partial charge in [0.1, 0.15) is 12.1 Å². The highest BCUT2D eigenvalue weighted by Crippen LogP contribution is 2.30. The second-order valence-corrected chi connectivity index (χ2v) is 7.79. The van der Waals surface area contributed by atoms with Gasteiger partial charge in [-0.3, -0.25) is 4.79 Å². The van der Waals surface area contributed by atoms with Gasteiger partial charge < -0.3 is 19.7 Å². The zero-order valence-electron chi connectivity index (χ0n) is 18.2. The quantitative estimate of drug-likeness (QED) is 0.646. The molecule has 4 rings (SSSR count). The Morgan fingerprint density at radius 3 is 2.52 bits per heavy atom. The third-order valence-corrected chi connectivity index (χ3v) is 5.79. The van der Waals surface area contributed by atoms with E-state index in [-0.39, 0.29) is 11.9 Å². The van der Waals surface area contributed by atoms with Crippen molar-refractivity contribution in [2.75, 3.05) is 32.2 Å². The summed E-state index contributed by atoms with van der Waals surface area (Å²) in [5.74, 6) is 2.06. The molecule has 0 saturated carbocycles. The highest BCUT2D eigenvalue weighted by atomic mass is 16.5. The normalized spacial score (nSPS) is 14.9. The molecule has 0 spiro atoms. The van der Waals surface area contributed by atoms with Crippen molar-refractivity contribution in [1.82, 2.24) is 15.3 Å². The second kappa shape index (κ2) is 9.20. The minimum atomic E-state index is -0.198. The van der Waals surface area contributed by atoms with Gasteiger partial charge in [0.25, 0.3) is 5.91 Å². The minimum Gasteiger partial charge on any atom is -0.493 e. The number of carbonyl (C=O) groups is 1. The first kappa shape index (κ1) is 20.9. The Morgan fingerprint density at radius 1 is 1.00 bits per heavy atom. The number of nitrogens with one attached hydrogen (secondary N) is 1. The van der Waals surface area contributed by atoms with Gasteiger partial charge >= 0.3 is 0 Å².